The first-order chi connectivity index (χ1) is 7.16. The van der Waals surface area contributed by atoms with Crippen molar-refractivity contribution in [3.8, 4) is 0 Å². The molecule has 1 aromatic rings. The molecular weight excluding hydrogens is 328 g/mol. The van der Waals surface area contributed by atoms with E-state index < -0.39 is 6.23 Å². The molecule has 0 aliphatic rings. The van der Waals surface area contributed by atoms with Crippen molar-refractivity contribution in [3.05, 3.63) is 21.3 Å². The second-order valence-corrected chi connectivity index (χ2v) is 3.97. The Labute approximate surface area is 106 Å². The molecule has 0 saturated heterocycles. The van der Waals surface area contributed by atoms with Crippen LogP contribution in [-0.2, 0) is 4.79 Å². The summed E-state index contributed by atoms with van der Waals surface area (Å²) in [7, 11) is 0. The molecule has 0 spiro atoms. The van der Waals surface area contributed by atoms with E-state index in [0.717, 1.165) is 9.08 Å². The molecule has 1 amide bonds. The number of rotatable bonds is 4. The van der Waals surface area contributed by atoms with Gasteiger partial charge >= 0.3 is 0 Å². The first-order valence-corrected chi connectivity index (χ1v) is 6.12. The highest BCUT2D eigenvalue weighted by atomic mass is 79.9. The Balaban J connectivity index is 0.000000921. The van der Waals surface area contributed by atoms with Gasteiger partial charge in [0.15, 0.2) is 0 Å². The summed E-state index contributed by atoms with van der Waals surface area (Å²) in [5, 5.41) is 11.9. The number of carbonyl (C=O) groups is 1. The van der Waals surface area contributed by atoms with E-state index in [1.165, 1.54) is 0 Å². The molecule has 1 unspecified atom stereocenters. The molecule has 0 aliphatic heterocycles. The number of aromatic nitrogens is 1. The SMILES string of the molecule is CC.O=CNCC(O)n1ccc(Br)c1Br. The van der Waals surface area contributed by atoms with Crippen LogP contribution in [0.3, 0.4) is 0 Å². The van der Waals surface area contributed by atoms with Crippen LogP contribution in [0.2, 0.25) is 0 Å². The Bertz CT molecular complexity index is 302. The number of nitrogens with zero attached hydrogens (tertiary/aromatic N) is 1. The van der Waals surface area contributed by atoms with Gasteiger partial charge < -0.3 is 15.0 Å². The lowest BCUT2D eigenvalue weighted by Gasteiger charge is -2.12. The van der Waals surface area contributed by atoms with Crippen LogP contribution < -0.4 is 5.32 Å². The van der Waals surface area contributed by atoms with Gasteiger partial charge in [0.2, 0.25) is 6.41 Å². The van der Waals surface area contributed by atoms with Crippen LogP contribution in [0, 0.1) is 0 Å². The van der Waals surface area contributed by atoms with Crippen molar-refractivity contribution in [2.24, 2.45) is 0 Å². The number of carbonyl (C=O) groups excluding carboxylic acids is 1. The fourth-order valence-corrected chi connectivity index (χ4v) is 1.70. The van der Waals surface area contributed by atoms with Crippen LogP contribution in [0.4, 0.5) is 0 Å². The standard InChI is InChI=1S/C7H8Br2N2O2.C2H6/c8-5-1-2-11(7(5)9)6(13)3-10-4-12;1-2/h1-2,4,6,13H,3H2,(H,10,12);1-2H3. The molecular formula is C9H14Br2N2O2. The third-order valence-electron chi connectivity index (χ3n) is 1.51. The second kappa shape index (κ2) is 7.90. The molecule has 0 fully saturated rings. The number of halogens is 2. The minimum Gasteiger partial charge on any atom is -0.371 e. The van der Waals surface area contributed by atoms with Crippen molar-refractivity contribution in [1.29, 1.82) is 0 Å². The Morgan fingerprint density at radius 1 is 1.60 bits per heavy atom. The van der Waals surface area contributed by atoms with E-state index >= 15 is 0 Å². The van der Waals surface area contributed by atoms with E-state index in [0.29, 0.717) is 6.41 Å². The van der Waals surface area contributed by atoms with Crippen LogP contribution in [0.15, 0.2) is 21.3 Å². The van der Waals surface area contributed by atoms with Gasteiger partial charge in [-0.05, 0) is 37.9 Å². The summed E-state index contributed by atoms with van der Waals surface area (Å²) in [6, 6.07) is 1.80. The maximum atomic E-state index is 9.98. The van der Waals surface area contributed by atoms with Gasteiger partial charge in [0.1, 0.15) is 10.8 Å². The maximum absolute atomic E-state index is 9.98. The van der Waals surface area contributed by atoms with Crippen molar-refractivity contribution in [2.75, 3.05) is 6.54 Å². The Kier molecular flexibility index (Phi) is 7.72. The predicted octanol–water partition coefficient (Wildman–Crippen LogP) is 2.28. The first kappa shape index (κ1) is 14.7. The van der Waals surface area contributed by atoms with E-state index in [1.807, 2.05) is 13.8 Å². The molecule has 15 heavy (non-hydrogen) atoms. The van der Waals surface area contributed by atoms with Crippen molar-refractivity contribution >= 4 is 38.3 Å². The fourth-order valence-electron chi connectivity index (χ4n) is 0.885. The van der Waals surface area contributed by atoms with E-state index in [-0.39, 0.29) is 6.54 Å². The zero-order valence-electron chi connectivity index (χ0n) is 8.58. The van der Waals surface area contributed by atoms with Crippen LogP contribution in [0.1, 0.15) is 20.1 Å². The molecule has 4 nitrogen and oxygen atoms in total. The predicted molar refractivity (Wildman–Crippen MR) is 66.5 cm³/mol. The fraction of sp³-hybridized carbons (Fsp3) is 0.444. The van der Waals surface area contributed by atoms with Gasteiger partial charge in [-0.3, -0.25) is 4.79 Å². The lowest BCUT2D eigenvalue weighted by atomic mass is 10.5. The van der Waals surface area contributed by atoms with Gasteiger partial charge in [0, 0.05) is 10.7 Å². The van der Waals surface area contributed by atoms with E-state index in [1.54, 1.807) is 16.8 Å². The summed E-state index contributed by atoms with van der Waals surface area (Å²) in [6.07, 6.45) is 1.51. The number of nitrogens with one attached hydrogen (secondary N) is 1. The van der Waals surface area contributed by atoms with Crippen molar-refractivity contribution < 1.29 is 9.90 Å². The summed E-state index contributed by atoms with van der Waals surface area (Å²) < 4.78 is 3.20. The monoisotopic (exact) mass is 340 g/mol. The summed E-state index contributed by atoms with van der Waals surface area (Å²) in [5.74, 6) is 0. The third-order valence-corrected chi connectivity index (χ3v) is 3.52. The average Bonchev–Trinajstić information content (AvgIpc) is 2.59. The second-order valence-electron chi connectivity index (χ2n) is 2.37. The van der Waals surface area contributed by atoms with Crippen molar-refractivity contribution in [1.82, 2.24) is 9.88 Å². The largest absolute Gasteiger partial charge is 0.371 e. The highest BCUT2D eigenvalue weighted by Crippen LogP contribution is 2.25. The van der Waals surface area contributed by atoms with E-state index in [2.05, 4.69) is 37.2 Å². The molecule has 6 heteroatoms. The maximum Gasteiger partial charge on any atom is 0.207 e. The van der Waals surface area contributed by atoms with E-state index in [9.17, 15) is 9.90 Å². The highest BCUT2D eigenvalue weighted by molar-refractivity contribution is 9.13. The summed E-state index contributed by atoms with van der Waals surface area (Å²) in [4.78, 5) is 9.98. The van der Waals surface area contributed by atoms with Gasteiger partial charge in [-0.1, -0.05) is 13.8 Å². The lowest BCUT2D eigenvalue weighted by Crippen LogP contribution is -2.23. The number of amides is 1. The quantitative estimate of drug-likeness (QED) is 0.825. The minimum absolute atomic E-state index is 0.184. The average molecular weight is 342 g/mol. The zero-order chi connectivity index (χ0) is 11.8. The third kappa shape index (κ3) is 4.36. The molecule has 0 radical (unpaired) electrons. The number of hydrogen-bond donors (Lipinski definition) is 2. The van der Waals surface area contributed by atoms with Crippen LogP contribution in [0.5, 0.6) is 0 Å². The minimum atomic E-state index is -0.758. The Morgan fingerprint density at radius 2 is 2.20 bits per heavy atom. The van der Waals surface area contributed by atoms with Gasteiger partial charge in [0.25, 0.3) is 0 Å². The van der Waals surface area contributed by atoms with E-state index in [4.69, 9.17) is 0 Å². The molecule has 1 rings (SSSR count). The van der Waals surface area contributed by atoms with Crippen molar-refractivity contribution in [3.63, 3.8) is 0 Å². The number of aliphatic hydroxyl groups is 1. The van der Waals surface area contributed by atoms with Crippen molar-refractivity contribution in [2.45, 2.75) is 20.1 Å². The molecule has 1 atom stereocenters. The molecule has 0 saturated carbocycles. The molecule has 0 aromatic carbocycles. The zero-order valence-corrected chi connectivity index (χ0v) is 11.7. The van der Waals surface area contributed by atoms with Gasteiger partial charge in [0.05, 0.1) is 6.54 Å². The topological polar surface area (TPSA) is 54.3 Å². The van der Waals surface area contributed by atoms with Gasteiger partial charge in [-0.25, -0.2) is 0 Å². The molecule has 0 bridgehead atoms. The van der Waals surface area contributed by atoms with Crippen LogP contribution in [-0.4, -0.2) is 22.6 Å². The highest BCUT2D eigenvalue weighted by Gasteiger charge is 2.10. The summed E-state index contributed by atoms with van der Waals surface area (Å²) in [6.45, 7) is 4.18. The Hall–Kier alpha value is -0.330. The van der Waals surface area contributed by atoms with Gasteiger partial charge in [-0.15, -0.1) is 0 Å². The number of aliphatic hydroxyl groups excluding tert-OH is 1. The molecule has 0 aliphatic carbocycles. The summed E-state index contributed by atoms with van der Waals surface area (Å²) >= 11 is 6.57. The van der Waals surface area contributed by atoms with Crippen LogP contribution >= 0.6 is 31.9 Å². The normalized spacial score (nSPS) is 11.3. The first-order valence-electron chi connectivity index (χ1n) is 4.53. The molecule has 2 N–H and O–H groups in total. The lowest BCUT2D eigenvalue weighted by molar-refractivity contribution is -0.110. The molecule has 1 aromatic heterocycles. The van der Waals surface area contributed by atoms with Gasteiger partial charge in [-0.2, -0.15) is 0 Å². The van der Waals surface area contributed by atoms with Crippen LogP contribution in [0.25, 0.3) is 0 Å². The molecule has 1 heterocycles. The molecule has 86 valence electrons. The summed E-state index contributed by atoms with van der Waals surface area (Å²) in [5.41, 5.74) is 0. The smallest absolute Gasteiger partial charge is 0.207 e. The Morgan fingerprint density at radius 3 is 2.60 bits per heavy atom. The number of hydrogen-bond acceptors (Lipinski definition) is 2.